The molecule has 0 aliphatic heterocycles. The molecule has 0 aliphatic rings. The Morgan fingerprint density at radius 3 is 2.50 bits per heavy atom. The first-order valence-corrected chi connectivity index (χ1v) is 11.1. The number of anilines is 1. The fraction of sp³-hybridized carbons (Fsp3) is 0.350. The number of aryl methyl sites for hydroxylation is 1. The van der Waals surface area contributed by atoms with Crippen LogP contribution < -0.4 is 14.4 Å². The Hall–Kier alpha value is -2.25. The number of nitrogens with one attached hydrogen (secondary N) is 1. The Bertz CT molecular complexity index is 901. The number of carbonyl (C=O) groups is 1. The Labute approximate surface area is 171 Å². The van der Waals surface area contributed by atoms with E-state index in [0.717, 1.165) is 34.7 Å². The summed E-state index contributed by atoms with van der Waals surface area (Å²) in [5, 5.41) is 3.31. The van der Waals surface area contributed by atoms with Crippen molar-refractivity contribution in [3.05, 3.63) is 59.1 Å². The van der Waals surface area contributed by atoms with Crippen LogP contribution in [0.25, 0.3) is 0 Å². The fourth-order valence-electron chi connectivity index (χ4n) is 2.88. The van der Waals surface area contributed by atoms with Crippen molar-refractivity contribution in [2.45, 2.75) is 25.8 Å². The molecule has 1 atom stereocenters. The molecule has 0 bridgehead atoms. The summed E-state index contributed by atoms with van der Waals surface area (Å²) >= 11 is 5.87. The first-order chi connectivity index (χ1) is 13.2. The summed E-state index contributed by atoms with van der Waals surface area (Å²) < 4.78 is 30.8. The lowest BCUT2D eigenvalue weighted by atomic mass is 10.1. The number of ether oxygens (including phenoxy) is 1. The van der Waals surface area contributed by atoms with Gasteiger partial charge in [0.2, 0.25) is 15.9 Å². The van der Waals surface area contributed by atoms with E-state index in [9.17, 15) is 13.2 Å². The van der Waals surface area contributed by atoms with Crippen molar-refractivity contribution >= 4 is 33.2 Å². The van der Waals surface area contributed by atoms with Gasteiger partial charge in [-0.1, -0.05) is 23.7 Å². The number of hydrogen-bond acceptors (Lipinski definition) is 4. The minimum absolute atomic E-state index is 0.356. The fourth-order valence-corrected chi connectivity index (χ4v) is 4.18. The molecule has 8 heteroatoms. The largest absolute Gasteiger partial charge is 0.497 e. The van der Waals surface area contributed by atoms with E-state index in [4.69, 9.17) is 16.3 Å². The number of benzene rings is 2. The Balaban J connectivity index is 1.96. The smallest absolute Gasteiger partial charge is 0.243 e. The molecule has 0 radical (unpaired) electrons. The third-order valence-corrected chi connectivity index (χ3v) is 5.74. The van der Waals surface area contributed by atoms with E-state index < -0.39 is 16.1 Å². The highest BCUT2D eigenvalue weighted by molar-refractivity contribution is 7.92. The molecule has 0 aliphatic carbocycles. The second-order valence-corrected chi connectivity index (χ2v) is 8.75. The molecule has 6 nitrogen and oxygen atoms in total. The third kappa shape index (κ3) is 6.14. The van der Waals surface area contributed by atoms with E-state index in [1.807, 2.05) is 24.3 Å². The normalized spacial score (nSPS) is 12.3. The minimum atomic E-state index is -3.64. The topological polar surface area (TPSA) is 75.7 Å². The molecule has 0 spiro atoms. The molecule has 2 aromatic carbocycles. The summed E-state index contributed by atoms with van der Waals surface area (Å²) in [6, 6.07) is 13.2. The van der Waals surface area contributed by atoms with Crippen molar-refractivity contribution in [3.8, 4) is 5.75 Å². The van der Waals surface area contributed by atoms with Gasteiger partial charge in [0.1, 0.15) is 11.8 Å². The second kappa shape index (κ2) is 9.80. The second-order valence-electron chi connectivity index (χ2n) is 6.46. The zero-order chi connectivity index (χ0) is 20.7. The summed E-state index contributed by atoms with van der Waals surface area (Å²) in [4.78, 5) is 12.5. The van der Waals surface area contributed by atoms with Crippen molar-refractivity contribution in [1.82, 2.24) is 5.32 Å². The molecular formula is C20H25ClN2O4S. The first-order valence-electron chi connectivity index (χ1n) is 8.88. The Kier molecular flexibility index (Phi) is 7.71. The van der Waals surface area contributed by atoms with E-state index in [1.165, 1.54) is 0 Å². The molecular weight excluding hydrogens is 400 g/mol. The van der Waals surface area contributed by atoms with Crippen LogP contribution in [0.3, 0.4) is 0 Å². The predicted molar refractivity (Wildman–Crippen MR) is 113 cm³/mol. The van der Waals surface area contributed by atoms with Crippen molar-refractivity contribution in [2.24, 2.45) is 0 Å². The van der Waals surface area contributed by atoms with Gasteiger partial charge in [-0.25, -0.2) is 8.42 Å². The molecule has 1 N–H and O–H groups in total. The molecule has 0 aromatic heterocycles. The SMILES string of the molecule is COc1cccc(CCCNC(=O)[C@H](C)N(c2ccc(Cl)cc2)S(C)(=O)=O)c1. The highest BCUT2D eigenvalue weighted by Crippen LogP contribution is 2.23. The molecule has 0 saturated heterocycles. The van der Waals surface area contributed by atoms with Gasteiger partial charge in [-0.05, 0) is 61.7 Å². The molecule has 1 amide bonds. The lowest BCUT2D eigenvalue weighted by Crippen LogP contribution is -2.48. The van der Waals surface area contributed by atoms with Crippen LogP contribution in [-0.4, -0.2) is 40.3 Å². The number of nitrogens with zero attached hydrogens (tertiary/aromatic N) is 1. The summed E-state index contributed by atoms with van der Waals surface area (Å²) in [6.45, 7) is 2.01. The van der Waals surface area contributed by atoms with Crippen LogP contribution in [-0.2, 0) is 21.2 Å². The van der Waals surface area contributed by atoms with Crippen LogP contribution in [0.15, 0.2) is 48.5 Å². The molecule has 2 aromatic rings. The number of hydrogen-bond donors (Lipinski definition) is 1. The lowest BCUT2D eigenvalue weighted by molar-refractivity contribution is -0.121. The first kappa shape index (κ1) is 22.0. The highest BCUT2D eigenvalue weighted by atomic mass is 35.5. The van der Waals surface area contributed by atoms with Crippen molar-refractivity contribution in [1.29, 1.82) is 0 Å². The zero-order valence-electron chi connectivity index (χ0n) is 16.2. The highest BCUT2D eigenvalue weighted by Gasteiger charge is 2.28. The van der Waals surface area contributed by atoms with Gasteiger partial charge >= 0.3 is 0 Å². The van der Waals surface area contributed by atoms with Crippen LogP contribution in [0.4, 0.5) is 5.69 Å². The summed E-state index contributed by atoms with van der Waals surface area (Å²) in [6.07, 6.45) is 2.58. The Morgan fingerprint density at radius 1 is 1.21 bits per heavy atom. The summed E-state index contributed by atoms with van der Waals surface area (Å²) in [5.74, 6) is 0.438. The molecule has 28 heavy (non-hydrogen) atoms. The number of rotatable bonds is 9. The average molecular weight is 425 g/mol. The molecule has 152 valence electrons. The molecule has 0 heterocycles. The van der Waals surface area contributed by atoms with Gasteiger partial charge < -0.3 is 10.1 Å². The van der Waals surface area contributed by atoms with E-state index in [0.29, 0.717) is 17.3 Å². The van der Waals surface area contributed by atoms with Gasteiger partial charge in [0, 0.05) is 11.6 Å². The van der Waals surface area contributed by atoms with Gasteiger partial charge in [0.05, 0.1) is 19.1 Å². The van der Waals surface area contributed by atoms with Crippen molar-refractivity contribution in [3.63, 3.8) is 0 Å². The monoisotopic (exact) mass is 424 g/mol. The van der Waals surface area contributed by atoms with Gasteiger partial charge in [-0.3, -0.25) is 9.10 Å². The maximum atomic E-state index is 12.5. The third-order valence-electron chi connectivity index (χ3n) is 4.25. The number of halogens is 1. The molecule has 0 unspecified atom stereocenters. The van der Waals surface area contributed by atoms with Crippen molar-refractivity contribution in [2.75, 3.05) is 24.2 Å². The summed E-state index contributed by atoms with van der Waals surface area (Å²) in [7, 11) is -2.02. The van der Waals surface area contributed by atoms with Gasteiger partial charge in [0.15, 0.2) is 0 Å². The lowest BCUT2D eigenvalue weighted by Gasteiger charge is -2.28. The predicted octanol–water partition coefficient (Wildman–Crippen LogP) is 3.25. The van der Waals surface area contributed by atoms with E-state index in [1.54, 1.807) is 38.3 Å². The number of amides is 1. The molecule has 0 saturated carbocycles. The van der Waals surface area contributed by atoms with Crippen LogP contribution >= 0.6 is 11.6 Å². The average Bonchev–Trinajstić information content (AvgIpc) is 2.65. The number of carbonyl (C=O) groups excluding carboxylic acids is 1. The van der Waals surface area contributed by atoms with Crippen LogP contribution in [0.5, 0.6) is 5.75 Å². The molecule has 0 fully saturated rings. The van der Waals surface area contributed by atoms with E-state index in [2.05, 4.69) is 5.32 Å². The van der Waals surface area contributed by atoms with Crippen molar-refractivity contribution < 1.29 is 17.9 Å². The maximum Gasteiger partial charge on any atom is 0.243 e. The number of methoxy groups -OCH3 is 1. The van der Waals surface area contributed by atoms with Gasteiger partial charge in [-0.2, -0.15) is 0 Å². The quantitative estimate of drug-likeness (QED) is 0.627. The van der Waals surface area contributed by atoms with E-state index >= 15 is 0 Å². The minimum Gasteiger partial charge on any atom is -0.497 e. The van der Waals surface area contributed by atoms with Crippen LogP contribution in [0.1, 0.15) is 18.9 Å². The number of sulfonamides is 1. The van der Waals surface area contributed by atoms with Gasteiger partial charge in [-0.15, -0.1) is 0 Å². The zero-order valence-corrected chi connectivity index (χ0v) is 17.8. The maximum absolute atomic E-state index is 12.5. The van der Waals surface area contributed by atoms with Gasteiger partial charge in [0.25, 0.3) is 0 Å². The van der Waals surface area contributed by atoms with Crippen LogP contribution in [0.2, 0.25) is 5.02 Å². The molecule has 2 rings (SSSR count). The van der Waals surface area contributed by atoms with E-state index in [-0.39, 0.29) is 5.91 Å². The standard InChI is InChI=1S/C20H25ClN2O4S/c1-15(23(28(3,25)26)18-11-9-17(21)10-12-18)20(24)22-13-5-7-16-6-4-8-19(14-16)27-2/h4,6,8-12,14-15H,5,7,13H2,1-3H3,(H,22,24)/t15-/m0/s1. The Morgan fingerprint density at radius 2 is 1.89 bits per heavy atom. The summed E-state index contributed by atoms with van der Waals surface area (Å²) in [5.41, 5.74) is 1.51. The van der Waals surface area contributed by atoms with Crippen LogP contribution in [0, 0.1) is 0 Å².